The van der Waals surface area contributed by atoms with Crippen LogP contribution in [0.2, 0.25) is 10.0 Å². The average Bonchev–Trinajstić information content (AvgIpc) is 2.81. The van der Waals surface area contributed by atoms with Gasteiger partial charge in [0.2, 0.25) is 5.91 Å². The van der Waals surface area contributed by atoms with Gasteiger partial charge in [-0.1, -0.05) is 41.4 Å². The zero-order valence-corrected chi connectivity index (χ0v) is 19.6. The van der Waals surface area contributed by atoms with Gasteiger partial charge >= 0.3 is 5.97 Å². The molecule has 0 aromatic heterocycles. The summed E-state index contributed by atoms with van der Waals surface area (Å²) in [6.45, 7) is -0.379. The first-order valence-corrected chi connectivity index (χ1v) is 11.2. The summed E-state index contributed by atoms with van der Waals surface area (Å²) < 4.78 is 10.6. The van der Waals surface area contributed by atoms with Gasteiger partial charge in [-0.2, -0.15) is 0 Å². The average molecular weight is 501 g/mol. The summed E-state index contributed by atoms with van der Waals surface area (Å²) in [6.07, 6.45) is 0.450. The van der Waals surface area contributed by atoms with E-state index in [1.807, 2.05) is 6.07 Å². The summed E-state index contributed by atoms with van der Waals surface area (Å²) in [5.74, 6) is -0.209. The highest BCUT2D eigenvalue weighted by molar-refractivity contribution is 6.35. The maximum absolute atomic E-state index is 12.1. The molecule has 9 heteroatoms. The number of amides is 2. The molecule has 0 saturated heterocycles. The number of hydrogen-bond donors (Lipinski definition) is 2. The van der Waals surface area contributed by atoms with Crippen LogP contribution < -0.4 is 15.4 Å². The van der Waals surface area contributed by atoms with Crippen LogP contribution in [0.25, 0.3) is 0 Å². The number of benzene rings is 3. The zero-order chi connectivity index (χ0) is 24.3. The second kappa shape index (κ2) is 12.6. The van der Waals surface area contributed by atoms with Crippen LogP contribution in [0, 0.1) is 0 Å². The van der Waals surface area contributed by atoms with Crippen molar-refractivity contribution in [1.82, 2.24) is 0 Å². The second-order valence-corrected chi connectivity index (χ2v) is 8.02. The molecule has 0 unspecified atom stereocenters. The molecule has 0 atom stereocenters. The van der Waals surface area contributed by atoms with Crippen LogP contribution in [-0.2, 0) is 19.1 Å². The summed E-state index contributed by atoms with van der Waals surface area (Å²) in [5, 5.41) is 6.27. The molecule has 0 bridgehead atoms. The van der Waals surface area contributed by atoms with Gasteiger partial charge in [0, 0.05) is 29.2 Å². The molecule has 0 saturated carbocycles. The largest absolute Gasteiger partial charge is 0.456 e. The van der Waals surface area contributed by atoms with Crippen molar-refractivity contribution in [3.05, 3.63) is 82.8 Å². The molecule has 0 aliphatic rings. The Morgan fingerprint density at radius 1 is 0.765 bits per heavy atom. The molecule has 176 valence electrons. The minimum absolute atomic E-state index is 0.0284. The van der Waals surface area contributed by atoms with Gasteiger partial charge in [-0.25, -0.2) is 0 Å². The van der Waals surface area contributed by atoms with Crippen LogP contribution in [0.3, 0.4) is 0 Å². The Kier molecular flexibility index (Phi) is 9.31. The van der Waals surface area contributed by atoms with Gasteiger partial charge in [-0.15, -0.1) is 0 Å². The minimum Gasteiger partial charge on any atom is -0.456 e. The molecule has 0 aliphatic heterocycles. The Hall–Kier alpha value is -3.55. The Balaban J connectivity index is 1.34. The number of carbonyl (C=O) groups excluding carboxylic acids is 3. The van der Waals surface area contributed by atoms with E-state index in [1.165, 1.54) is 0 Å². The quantitative estimate of drug-likeness (QED) is 0.329. The van der Waals surface area contributed by atoms with Crippen molar-refractivity contribution in [2.24, 2.45) is 0 Å². The number of carbonyl (C=O) groups is 3. The maximum Gasteiger partial charge on any atom is 0.306 e. The van der Waals surface area contributed by atoms with Gasteiger partial charge in [0.15, 0.2) is 6.61 Å². The molecule has 0 spiro atoms. The van der Waals surface area contributed by atoms with Crippen molar-refractivity contribution in [1.29, 1.82) is 0 Å². The van der Waals surface area contributed by atoms with E-state index in [-0.39, 0.29) is 25.4 Å². The van der Waals surface area contributed by atoms with Gasteiger partial charge in [-0.05, 0) is 61.0 Å². The predicted octanol–water partition coefficient (Wildman–Crippen LogP) is 6.08. The lowest BCUT2D eigenvalue weighted by atomic mass is 10.2. The Labute approximate surface area is 207 Å². The van der Waals surface area contributed by atoms with Crippen LogP contribution in [0.4, 0.5) is 11.4 Å². The van der Waals surface area contributed by atoms with E-state index in [0.29, 0.717) is 39.3 Å². The number of rotatable bonds is 10. The van der Waals surface area contributed by atoms with Gasteiger partial charge < -0.3 is 20.1 Å². The van der Waals surface area contributed by atoms with Gasteiger partial charge in [0.1, 0.15) is 11.5 Å². The first-order valence-electron chi connectivity index (χ1n) is 10.4. The predicted molar refractivity (Wildman–Crippen MR) is 131 cm³/mol. The zero-order valence-electron chi connectivity index (χ0n) is 18.1. The lowest BCUT2D eigenvalue weighted by Crippen LogP contribution is -2.21. The topological polar surface area (TPSA) is 93.7 Å². The van der Waals surface area contributed by atoms with E-state index in [1.54, 1.807) is 66.7 Å². The fraction of sp³-hybridized carbons (Fsp3) is 0.160. The third-order valence-corrected chi connectivity index (χ3v) is 5.00. The minimum atomic E-state index is -0.543. The first kappa shape index (κ1) is 25.1. The molecule has 34 heavy (non-hydrogen) atoms. The summed E-state index contributed by atoms with van der Waals surface area (Å²) in [7, 11) is 0. The van der Waals surface area contributed by atoms with Crippen molar-refractivity contribution in [2.75, 3.05) is 17.2 Å². The first-order chi connectivity index (χ1) is 16.4. The van der Waals surface area contributed by atoms with Crippen LogP contribution in [0.5, 0.6) is 11.5 Å². The molecule has 0 heterocycles. The lowest BCUT2D eigenvalue weighted by Gasteiger charge is -2.09. The maximum atomic E-state index is 12.1. The summed E-state index contributed by atoms with van der Waals surface area (Å²) in [5.41, 5.74) is 1.20. The smallest absolute Gasteiger partial charge is 0.306 e. The molecule has 0 fully saturated rings. The van der Waals surface area contributed by atoms with Crippen molar-refractivity contribution in [3.8, 4) is 11.5 Å². The highest BCUT2D eigenvalue weighted by Gasteiger charge is 2.10. The van der Waals surface area contributed by atoms with Gasteiger partial charge in [-0.3, -0.25) is 14.4 Å². The number of esters is 1. The molecule has 2 amide bonds. The standard InChI is InChI=1S/C25H22Cl2N2O5/c26-17-9-14-22(21(27)15-17)34-20-12-10-19(11-13-20)28-23(30)7-4-8-25(32)33-16-24(31)29-18-5-2-1-3-6-18/h1-3,5-6,9-15H,4,7-8,16H2,(H,28,30)(H,29,31). The number of para-hydroxylation sites is 1. The third kappa shape index (κ3) is 8.42. The fourth-order valence-corrected chi connectivity index (χ4v) is 3.29. The van der Waals surface area contributed by atoms with E-state index in [0.717, 1.165) is 0 Å². The molecule has 7 nitrogen and oxygen atoms in total. The monoisotopic (exact) mass is 500 g/mol. The number of anilines is 2. The molecule has 3 rings (SSSR count). The van der Waals surface area contributed by atoms with E-state index < -0.39 is 11.9 Å². The van der Waals surface area contributed by atoms with Gasteiger partial charge in [0.25, 0.3) is 5.91 Å². The van der Waals surface area contributed by atoms with Crippen molar-refractivity contribution < 1.29 is 23.9 Å². The van der Waals surface area contributed by atoms with Crippen LogP contribution >= 0.6 is 23.2 Å². The summed E-state index contributed by atoms with van der Waals surface area (Å²) >= 11 is 12.0. The number of ether oxygens (including phenoxy) is 2. The Bertz CT molecular complexity index is 1140. The van der Waals surface area contributed by atoms with Crippen molar-refractivity contribution in [2.45, 2.75) is 19.3 Å². The van der Waals surface area contributed by atoms with E-state index in [9.17, 15) is 14.4 Å². The summed E-state index contributed by atoms with van der Waals surface area (Å²) in [4.78, 5) is 35.7. The van der Waals surface area contributed by atoms with E-state index in [2.05, 4.69) is 10.6 Å². The van der Waals surface area contributed by atoms with Crippen molar-refractivity contribution >= 4 is 52.4 Å². The van der Waals surface area contributed by atoms with Crippen LogP contribution in [0.15, 0.2) is 72.8 Å². The molecule has 3 aromatic rings. The van der Waals surface area contributed by atoms with Gasteiger partial charge in [0.05, 0.1) is 5.02 Å². The molecule has 3 aromatic carbocycles. The molecule has 0 radical (unpaired) electrons. The third-order valence-electron chi connectivity index (χ3n) is 4.47. The molecular weight excluding hydrogens is 479 g/mol. The lowest BCUT2D eigenvalue weighted by molar-refractivity contribution is -0.147. The number of hydrogen-bond acceptors (Lipinski definition) is 5. The number of halogens is 2. The second-order valence-electron chi connectivity index (χ2n) is 7.18. The SMILES string of the molecule is O=C(CCCC(=O)OCC(=O)Nc1ccccc1)Nc1ccc(Oc2ccc(Cl)cc2Cl)cc1. The molecular formula is C25H22Cl2N2O5. The highest BCUT2D eigenvalue weighted by Crippen LogP contribution is 2.31. The summed E-state index contributed by atoms with van der Waals surface area (Å²) in [6, 6.07) is 20.6. The van der Waals surface area contributed by atoms with E-state index >= 15 is 0 Å². The molecule has 0 aliphatic carbocycles. The highest BCUT2D eigenvalue weighted by atomic mass is 35.5. The van der Waals surface area contributed by atoms with E-state index in [4.69, 9.17) is 32.7 Å². The Morgan fingerprint density at radius 2 is 1.44 bits per heavy atom. The Morgan fingerprint density at radius 3 is 2.15 bits per heavy atom. The normalized spacial score (nSPS) is 10.3. The fourth-order valence-electron chi connectivity index (χ4n) is 2.84. The number of nitrogens with one attached hydrogen (secondary N) is 2. The molecule has 2 N–H and O–H groups in total. The van der Waals surface area contributed by atoms with Crippen LogP contribution in [-0.4, -0.2) is 24.4 Å². The van der Waals surface area contributed by atoms with Crippen molar-refractivity contribution in [3.63, 3.8) is 0 Å². The van der Waals surface area contributed by atoms with Crippen LogP contribution in [0.1, 0.15) is 19.3 Å².